The molecule has 0 radical (unpaired) electrons. The highest BCUT2D eigenvalue weighted by molar-refractivity contribution is 4.97. The van der Waals surface area contributed by atoms with Crippen molar-refractivity contribution in [3.63, 3.8) is 0 Å². The van der Waals surface area contributed by atoms with Crippen molar-refractivity contribution >= 4 is 0 Å². The minimum absolute atomic E-state index is 0.438. The molecule has 1 aliphatic carbocycles. The first kappa shape index (κ1) is 13.5. The fourth-order valence-corrected chi connectivity index (χ4v) is 3.17. The van der Waals surface area contributed by atoms with Crippen LogP contribution in [0.25, 0.3) is 0 Å². The number of rotatable bonds is 3. The first-order valence-corrected chi connectivity index (χ1v) is 6.62. The van der Waals surface area contributed by atoms with Crippen molar-refractivity contribution in [2.45, 2.75) is 47.0 Å². The van der Waals surface area contributed by atoms with Crippen molar-refractivity contribution in [2.75, 3.05) is 0 Å². The van der Waals surface area contributed by atoms with Crippen LogP contribution in [0.4, 0.5) is 0 Å². The van der Waals surface area contributed by atoms with Gasteiger partial charge >= 0.3 is 0 Å². The second-order valence-electron chi connectivity index (χ2n) is 6.75. The van der Waals surface area contributed by atoms with Gasteiger partial charge in [0.2, 0.25) is 0 Å². The Morgan fingerprint density at radius 1 is 1.12 bits per heavy atom. The van der Waals surface area contributed by atoms with Gasteiger partial charge in [0.15, 0.2) is 0 Å². The monoisotopic (exact) mass is 220 g/mol. The predicted octanol–water partition coefficient (Wildman–Crippen LogP) is 5.07. The van der Waals surface area contributed by atoms with Crippen molar-refractivity contribution in [3.05, 3.63) is 25.3 Å². The SMILES string of the molecule is C=CC1CC(C=C)C(C)C(CC(C)(C)C)C1. The quantitative estimate of drug-likeness (QED) is 0.582. The minimum Gasteiger partial charge on any atom is -0.103 e. The van der Waals surface area contributed by atoms with E-state index in [2.05, 4.69) is 53.0 Å². The summed E-state index contributed by atoms with van der Waals surface area (Å²) in [5.41, 5.74) is 0.438. The van der Waals surface area contributed by atoms with E-state index in [1.54, 1.807) is 0 Å². The van der Waals surface area contributed by atoms with Crippen LogP contribution >= 0.6 is 0 Å². The lowest BCUT2D eigenvalue weighted by molar-refractivity contribution is 0.123. The number of allylic oxidation sites excluding steroid dienone is 2. The first-order valence-electron chi connectivity index (χ1n) is 6.62. The fourth-order valence-electron chi connectivity index (χ4n) is 3.17. The molecule has 4 atom stereocenters. The van der Waals surface area contributed by atoms with Crippen molar-refractivity contribution in [1.82, 2.24) is 0 Å². The van der Waals surface area contributed by atoms with Crippen molar-refractivity contribution in [2.24, 2.45) is 29.1 Å². The molecule has 0 aliphatic heterocycles. The molecule has 16 heavy (non-hydrogen) atoms. The van der Waals surface area contributed by atoms with Crippen LogP contribution in [0.3, 0.4) is 0 Å². The molecule has 4 unspecified atom stereocenters. The molecule has 0 aromatic rings. The normalized spacial score (nSPS) is 35.8. The van der Waals surface area contributed by atoms with Gasteiger partial charge in [-0.05, 0) is 48.3 Å². The van der Waals surface area contributed by atoms with Gasteiger partial charge in [-0.1, -0.05) is 39.8 Å². The summed E-state index contributed by atoms with van der Waals surface area (Å²) in [5.74, 6) is 3.00. The molecule has 0 aromatic carbocycles. The molecule has 0 nitrogen and oxygen atoms in total. The third-order valence-electron chi connectivity index (χ3n) is 4.11. The van der Waals surface area contributed by atoms with Gasteiger partial charge in [0, 0.05) is 0 Å². The topological polar surface area (TPSA) is 0 Å². The zero-order valence-electron chi connectivity index (χ0n) is 11.5. The van der Waals surface area contributed by atoms with Gasteiger partial charge in [0.1, 0.15) is 0 Å². The Morgan fingerprint density at radius 2 is 1.75 bits per heavy atom. The molecule has 0 N–H and O–H groups in total. The van der Waals surface area contributed by atoms with Crippen LogP contribution in [0.5, 0.6) is 0 Å². The molecule has 0 bridgehead atoms. The summed E-state index contributed by atoms with van der Waals surface area (Å²) in [7, 11) is 0. The van der Waals surface area contributed by atoms with Crippen LogP contribution in [-0.4, -0.2) is 0 Å². The third kappa shape index (κ3) is 3.50. The maximum absolute atomic E-state index is 4.00. The van der Waals surface area contributed by atoms with E-state index in [9.17, 15) is 0 Å². The van der Waals surface area contributed by atoms with Crippen LogP contribution in [-0.2, 0) is 0 Å². The molecule has 1 fully saturated rings. The molecule has 0 amide bonds. The van der Waals surface area contributed by atoms with E-state index in [-0.39, 0.29) is 0 Å². The molecule has 1 aliphatic rings. The lowest BCUT2D eigenvalue weighted by Crippen LogP contribution is -2.31. The van der Waals surface area contributed by atoms with Gasteiger partial charge in [-0.3, -0.25) is 0 Å². The summed E-state index contributed by atoms with van der Waals surface area (Å²) in [6, 6.07) is 0. The summed E-state index contributed by atoms with van der Waals surface area (Å²) in [5, 5.41) is 0. The van der Waals surface area contributed by atoms with Gasteiger partial charge < -0.3 is 0 Å². The Balaban J connectivity index is 2.73. The maximum atomic E-state index is 4.00. The molecule has 1 rings (SSSR count). The fraction of sp³-hybridized carbons (Fsp3) is 0.750. The summed E-state index contributed by atoms with van der Waals surface area (Å²) >= 11 is 0. The van der Waals surface area contributed by atoms with Crippen LogP contribution in [0.15, 0.2) is 25.3 Å². The highest BCUT2D eigenvalue weighted by Crippen LogP contribution is 2.43. The van der Waals surface area contributed by atoms with E-state index in [1.165, 1.54) is 19.3 Å². The zero-order chi connectivity index (χ0) is 12.3. The Kier molecular flexibility index (Phi) is 4.41. The van der Waals surface area contributed by atoms with Crippen molar-refractivity contribution in [1.29, 1.82) is 0 Å². The van der Waals surface area contributed by atoms with E-state index in [4.69, 9.17) is 0 Å². The average molecular weight is 220 g/mol. The van der Waals surface area contributed by atoms with E-state index < -0.39 is 0 Å². The lowest BCUT2D eigenvalue weighted by atomic mass is 9.64. The van der Waals surface area contributed by atoms with Gasteiger partial charge in [0.05, 0.1) is 0 Å². The van der Waals surface area contributed by atoms with E-state index in [0.717, 1.165) is 11.8 Å². The summed E-state index contributed by atoms with van der Waals surface area (Å²) < 4.78 is 0. The summed E-state index contributed by atoms with van der Waals surface area (Å²) in [4.78, 5) is 0. The van der Waals surface area contributed by atoms with E-state index in [1.807, 2.05) is 0 Å². The number of hydrogen-bond donors (Lipinski definition) is 0. The van der Waals surface area contributed by atoms with Gasteiger partial charge in [-0.25, -0.2) is 0 Å². The zero-order valence-corrected chi connectivity index (χ0v) is 11.5. The molecular weight excluding hydrogens is 192 g/mol. The van der Waals surface area contributed by atoms with E-state index in [0.29, 0.717) is 17.3 Å². The first-order chi connectivity index (χ1) is 7.37. The number of hydrogen-bond acceptors (Lipinski definition) is 0. The molecule has 0 spiro atoms. The largest absolute Gasteiger partial charge is 0.103 e. The third-order valence-corrected chi connectivity index (χ3v) is 4.11. The maximum Gasteiger partial charge on any atom is -0.0202 e. The molecular formula is C16H28. The van der Waals surface area contributed by atoms with Crippen molar-refractivity contribution in [3.8, 4) is 0 Å². The molecule has 1 saturated carbocycles. The van der Waals surface area contributed by atoms with Crippen molar-refractivity contribution < 1.29 is 0 Å². The second-order valence-corrected chi connectivity index (χ2v) is 6.75. The lowest BCUT2D eigenvalue weighted by Gasteiger charge is -2.41. The van der Waals surface area contributed by atoms with Crippen LogP contribution in [0.2, 0.25) is 0 Å². The standard InChI is InChI=1S/C16H28/c1-7-13-9-14(8-2)12(3)15(10-13)11-16(4,5)6/h7-8,12-15H,1-2,9-11H2,3-6H3. The smallest absolute Gasteiger partial charge is 0.0202 e. The Labute approximate surface area is 102 Å². The Morgan fingerprint density at radius 3 is 2.19 bits per heavy atom. The van der Waals surface area contributed by atoms with E-state index >= 15 is 0 Å². The van der Waals surface area contributed by atoms with Gasteiger partial charge in [-0.15, -0.1) is 13.2 Å². The summed E-state index contributed by atoms with van der Waals surface area (Å²) in [6.07, 6.45) is 8.22. The van der Waals surface area contributed by atoms with Gasteiger partial charge in [-0.2, -0.15) is 0 Å². The molecule has 0 saturated heterocycles. The van der Waals surface area contributed by atoms with Crippen LogP contribution in [0, 0.1) is 29.1 Å². The highest BCUT2D eigenvalue weighted by atomic mass is 14.4. The molecule has 0 heteroatoms. The summed E-state index contributed by atoms with van der Waals surface area (Å²) in [6.45, 7) is 17.4. The highest BCUT2D eigenvalue weighted by Gasteiger charge is 2.34. The molecule has 92 valence electrons. The minimum atomic E-state index is 0.438. The Bertz CT molecular complexity index is 243. The average Bonchev–Trinajstić information content (AvgIpc) is 2.19. The molecule has 0 aromatic heterocycles. The van der Waals surface area contributed by atoms with Crippen LogP contribution < -0.4 is 0 Å². The Hall–Kier alpha value is -0.520. The predicted molar refractivity (Wildman–Crippen MR) is 73.3 cm³/mol. The molecule has 0 heterocycles. The van der Waals surface area contributed by atoms with Gasteiger partial charge in [0.25, 0.3) is 0 Å². The van der Waals surface area contributed by atoms with Crippen LogP contribution in [0.1, 0.15) is 47.0 Å². The second kappa shape index (κ2) is 5.21.